The normalized spacial score (nSPS) is 10.1. The summed E-state index contributed by atoms with van der Waals surface area (Å²) >= 11 is 0. The summed E-state index contributed by atoms with van der Waals surface area (Å²) in [6.07, 6.45) is 1.27. The van der Waals surface area contributed by atoms with E-state index in [1.807, 2.05) is 0 Å². The van der Waals surface area contributed by atoms with E-state index in [4.69, 9.17) is 10.8 Å². The number of hydrogen-bond acceptors (Lipinski definition) is 4. The van der Waals surface area contributed by atoms with Crippen LogP contribution in [0.25, 0.3) is 0 Å². The van der Waals surface area contributed by atoms with Gasteiger partial charge in [0.2, 0.25) is 0 Å². The van der Waals surface area contributed by atoms with Crippen molar-refractivity contribution >= 4 is 5.97 Å². The molecule has 0 fully saturated rings. The molecule has 4 N–H and O–H groups in total. The molecule has 0 unspecified atom stereocenters. The average molecular weight is 170 g/mol. The summed E-state index contributed by atoms with van der Waals surface area (Å²) in [5.74, 6) is -1.06. The molecule has 66 valence electrons. The number of carboxylic acids is 1. The SMILES string of the molecule is NCCCc1n[nH]nc1C(=O)O. The molecule has 1 heterocycles. The van der Waals surface area contributed by atoms with Crippen molar-refractivity contribution in [1.29, 1.82) is 0 Å². The summed E-state index contributed by atoms with van der Waals surface area (Å²) in [6, 6.07) is 0. The second-order valence-electron chi connectivity index (χ2n) is 2.32. The molecular weight excluding hydrogens is 160 g/mol. The average Bonchev–Trinajstić information content (AvgIpc) is 2.48. The van der Waals surface area contributed by atoms with E-state index in [-0.39, 0.29) is 5.69 Å². The Bertz CT molecular complexity index is 270. The van der Waals surface area contributed by atoms with Crippen LogP contribution in [-0.4, -0.2) is 33.0 Å². The van der Waals surface area contributed by atoms with Gasteiger partial charge in [0.1, 0.15) is 0 Å². The van der Waals surface area contributed by atoms with Crippen molar-refractivity contribution in [3.8, 4) is 0 Å². The molecule has 0 saturated heterocycles. The summed E-state index contributed by atoms with van der Waals surface area (Å²) in [5.41, 5.74) is 5.72. The highest BCUT2D eigenvalue weighted by Gasteiger charge is 2.13. The van der Waals surface area contributed by atoms with Crippen molar-refractivity contribution in [2.45, 2.75) is 12.8 Å². The van der Waals surface area contributed by atoms with E-state index < -0.39 is 5.97 Å². The maximum absolute atomic E-state index is 10.5. The molecule has 12 heavy (non-hydrogen) atoms. The zero-order chi connectivity index (χ0) is 8.97. The Kier molecular flexibility index (Phi) is 2.76. The minimum atomic E-state index is -1.06. The van der Waals surface area contributed by atoms with E-state index in [1.54, 1.807) is 0 Å². The third-order valence-corrected chi connectivity index (χ3v) is 1.44. The number of rotatable bonds is 4. The third-order valence-electron chi connectivity index (χ3n) is 1.44. The molecule has 0 aliphatic heterocycles. The number of hydrogen-bond donors (Lipinski definition) is 3. The highest BCUT2D eigenvalue weighted by atomic mass is 16.4. The smallest absolute Gasteiger partial charge is 0.358 e. The number of aryl methyl sites for hydroxylation is 1. The van der Waals surface area contributed by atoms with Crippen molar-refractivity contribution in [2.24, 2.45) is 5.73 Å². The lowest BCUT2D eigenvalue weighted by Gasteiger charge is -1.93. The maximum atomic E-state index is 10.5. The second kappa shape index (κ2) is 3.82. The number of nitrogens with one attached hydrogen (secondary N) is 1. The molecule has 6 nitrogen and oxygen atoms in total. The standard InChI is InChI=1S/C6H10N4O2/c7-3-1-2-4-5(6(11)12)9-10-8-4/h1-3,7H2,(H,11,12)(H,8,9,10). The topological polar surface area (TPSA) is 105 Å². The van der Waals surface area contributed by atoms with E-state index in [0.29, 0.717) is 25.1 Å². The fourth-order valence-corrected chi connectivity index (χ4v) is 0.868. The van der Waals surface area contributed by atoms with Crippen LogP contribution < -0.4 is 5.73 Å². The molecule has 0 aromatic carbocycles. The Morgan fingerprint density at radius 1 is 1.58 bits per heavy atom. The van der Waals surface area contributed by atoms with Gasteiger partial charge in [0, 0.05) is 0 Å². The monoisotopic (exact) mass is 170 g/mol. The zero-order valence-corrected chi connectivity index (χ0v) is 6.45. The number of nitrogens with zero attached hydrogens (tertiary/aromatic N) is 2. The number of aromatic carboxylic acids is 1. The Morgan fingerprint density at radius 3 is 2.92 bits per heavy atom. The van der Waals surface area contributed by atoms with Gasteiger partial charge in [-0.3, -0.25) is 0 Å². The third kappa shape index (κ3) is 1.79. The van der Waals surface area contributed by atoms with Crippen LogP contribution in [0.5, 0.6) is 0 Å². The Hall–Kier alpha value is -1.43. The van der Waals surface area contributed by atoms with Crippen LogP contribution >= 0.6 is 0 Å². The van der Waals surface area contributed by atoms with Gasteiger partial charge in [-0.05, 0) is 19.4 Å². The van der Waals surface area contributed by atoms with Crippen molar-refractivity contribution in [3.05, 3.63) is 11.4 Å². The van der Waals surface area contributed by atoms with Crippen LogP contribution in [0.2, 0.25) is 0 Å². The Morgan fingerprint density at radius 2 is 2.33 bits per heavy atom. The lowest BCUT2D eigenvalue weighted by molar-refractivity contribution is 0.0689. The van der Waals surface area contributed by atoms with Gasteiger partial charge in [-0.2, -0.15) is 10.3 Å². The Balaban J connectivity index is 2.70. The summed E-state index contributed by atoms with van der Waals surface area (Å²) in [4.78, 5) is 10.5. The molecule has 0 bridgehead atoms. The number of nitrogens with two attached hydrogens (primary N) is 1. The van der Waals surface area contributed by atoms with Gasteiger partial charge in [0.15, 0.2) is 5.69 Å². The van der Waals surface area contributed by atoms with Gasteiger partial charge in [-0.1, -0.05) is 0 Å². The molecule has 0 amide bonds. The minimum Gasteiger partial charge on any atom is -0.476 e. The first-order valence-electron chi connectivity index (χ1n) is 3.58. The van der Waals surface area contributed by atoms with Crippen molar-refractivity contribution in [3.63, 3.8) is 0 Å². The number of aromatic nitrogens is 3. The maximum Gasteiger partial charge on any atom is 0.358 e. The summed E-state index contributed by atoms with van der Waals surface area (Å²) < 4.78 is 0. The molecule has 0 radical (unpaired) electrons. The van der Waals surface area contributed by atoms with Crippen LogP contribution in [0.3, 0.4) is 0 Å². The van der Waals surface area contributed by atoms with Crippen molar-refractivity contribution < 1.29 is 9.90 Å². The van der Waals surface area contributed by atoms with Crippen molar-refractivity contribution in [1.82, 2.24) is 15.4 Å². The number of carbonyl (C=O) groups is 1. The van der Waals surface area contributed by atoms with Crippen LogP contribution in [0.4, 0.5) is 0 Å². The number of carboxylic acid groups (broad SMARTS) is 1. The van der Waals surface area contributed by atoms with Gasteiger partial charge >= 0.3 is 5.97 Å². The van der Waals surface area contributed by atoms with Crippen LogP contribution in [0, 0.1) is 0 Å². The van der Waals surface area contributed by atoms with Gasteiger partial charge in [0.05, 0.1) is 5.69 Å². The highest BCUT2D eigenvalue weighted by Crippen LogP contribution is 2.03. The molecule has 0 saturated carbocycles. The largest absolute Gasteiger partial charge is 0.476 e. The predicted molar refractivity (Wildman–Crippen MR) is 40.7 cm³/mol. The Labute approximate surface area is 68.8 Å². The van der Waals surface area contributed by atoms with E-state index in [0.717, 1.165) is 0 Å². The first-order valence-corrected chi connectivity index (χ1v) is 3.58. The van der Waals surface area contributed by atoms with Crippen LogP contribution in [-0.2, 0) is 6.42 Å². The van der Waals surface area contributed by atoms with E-state index >= 15 is 0 Å². The molecule has 0 atom stereocenters. The van der Waals surface area contributed by atoms with Crippen LogP contribution in [0.15, 0.2) is 0 Å². The zero-order valence-electron chi connectivity index (χ0n) is 6.45. The van der Waals surface area contributed by atoms with Crippen molar-refractivity contribution in [2.75, 3.05) is 6.54 Å². The molecule has 0 aliphatic rings. The number of H-pyrrole nitrogens is 1. The van der Waals surface area contributed by atoms with Gasteiger partial charge < -0.3 is 10.8 Å². The molecule has 1 aromatic heterocycles. The highest BCUT2D eigenvalue weighted by molar-refractivity contribution is 5.86. The molecule has 0 aliphatic carbocycles. The summed E-state index contributed by atoms with van der Waals surface area (Å²) in [6.45, 7) is 0.520. The lowest BCUT2D eigenvalue weighted by atomic mass is 10.2. The van der Waals surface area contributed by atoms with Gasteiger partial charge in [-0.15, -0.1) is 5.10 Å². The first-order chi connectivity index (χ1) is 5.75. The van der Waals surface area contributed by atoms with Gasteiger partial charge in [0.25, 0.3) is 0 Å². The van der Waals surface area contributed by atoms with Gasteiger partial charge in [-0.25, -0.2) is 4.79 Å². The van der Waals surface area contributed by atoms with E-state index in [9.17, 15) is 4.79 Å². The fraction of sp³-hybridized carbons (Fsp3) is 0.500. The molecule has 1 rings (SSSR count). The molecular formula is C6H10N4O2. The summed E-state index contributed by atoms with van der Waals surface area (Å²) in [7, 11) is 0. The molecule has 1 aromatic rings. The van der Waals surface area contributed by atoms with Crippen LogP contribution in [0.1, 0.15) is 22.6 Å². The van der Waals surface area contributed by atoms with E-state index in [2.05, 4.69) is 15.4 Å². The first kappa shape index (κ1) is 8.66. The fourth-order valence-electron chi connectivity index (χ4n) is 0.868. The van der Waals surface area contributed by atoms with E-state index in [1.165, 1.54) is 0 Å². The lowest BCUT2D eigenvalue weighted by Crippen LogP contribution is -2.05. The minimum absolute atomic E-state index is 0.0107. The molecule has 0 spiro atoms. The quantitative estimate of drug-likeness (QED) is 0.559. The number of aromatic amines is 1. The predicted octanol–water partition coefficient (Wildman–Crippen LogP) is -0.606. The molecule has 6 heteroatoms. The summed E-state index contributed by atoms with van der Waals surface area (Å²) in [5, 5.41) is 18.1. The second-order valence-corrected chi connectivity index (χ2v) is 2.32.